The van der Waals surface area contributed by atoms with Crippen molar-refractivity contribution in [2.24, 2.45) is 0 Å². The van der Waals surface area contributed by atoms with Crippen molar-refractivity contribution in [3.8, 4) is 5.75 Å². The van der Waals surface area contributed by atoms with E-state index in [4.69, 9.17) is 10.5 Å². The number of nitrogen functional groups attached to an aromatic ring is 1. The van der Waals surface area contributed by atoms with Crippen LogP contribution in [0.3, 0.4) is 0 Å². The standard InChI is InChI=1S/C14H16N2O/c1-17-13-5-3-2-4-12(13)7-6-11-8-9-16-14(15)10-11/h2-5,8-10H,6-7H2,1H3,(H2,15,16). The van der Waals surface area contributed by atoms with E-state index in [9.17, 15) is 0 Å². The molecule has 1 heterocycles. The number of hydrogen-bond donors (Lipinski definition) is 1. The van der Waals surface area contributed by atoms with Gasteiger partial charge in [0, 0.05) is 6.20 Å². The Morgan fingerprint density at radius 1 is 1.18 bits per heavy atom. The van der Waals surface area contributed by atoms with Crippen molar-refractivity contribution in [1.29, 1.82) is 0 Å². The van der Waals surface area contributed by atoms with Crippen LogP contribution < -0.4 is 10.5 Å². The lowest BCUT2D eigenvalue weighted by Gasteiger charge is -2.08. The third kappa shape index (κ3) is 2.97. The molecule has 0 aliphatic heterocycles. The average Bonchev–Trinajstić information content (AvgIpc) is 2.37. The third-order valence-electron chi connectivity index (χ3n) is 2.72. The first-order chi connectivity index (χ1) is 8.29. The Bertz CT molecular complexity index is 497. The molecule has 88 valence electrons. The molecule has 1 aromatic heterocycles. The Labute approximate surface area is 101 Å². The Hall–Kier alpha value is -2.03. The maximum absolute atomic E-state index is 5.65. The molecule has 0 saturated carbocycles. The van der Waals surface area contributed by atoms with E-state index in [1.807, 2.05) is 30.3 Å². The van der Waals surface area contributed by atoms with Crippen molar-refractivity contribution in [1.82, 2.24) is 4.98 Å². The van der Waals surface area contributed by atoms with Crippen molar-refractivity contribution in [3.05, 3.63) is 53.7 Å². The molecule has 3 heteroatoms. The van der Waals surface area contributed by atoms with Gasteiger partial charge in [0.05, 0.1) is 7.11 Å². The van der Waals surface area contributed by atoms with Gasteiger partial charge in [0.25, 0.3) is 0 Å². The Kier molecular flexibility index (Phi) is 3.60. The number of aromatic nitrogens is 1. The van der Waals surface area contributed by atoms with Gasteiger partial charge in [0.1, 0.15) is 11.6 Å². The Morgan fingerprint density at radius 3 is 2.76 bits per heavy atom. The van der Waals surface area contributed by atoms with Crippen LogP contribution in [0.25, 0.3) is 0 Å². The number of benzene rings is 1. The smallest absolute Gasteiger partial charge is 0.123 e. The fraction of sp³-hybridized carbons (Fsp3) is 0.214. The number of anilines is 1. The van der Waals surface area contributed by atoms with Crippen LogP contribution in [0, 0.1) is 0 Å². The monoisotopic (exact) mass is 228 g/mol. The zero-order valence-corrected chi connectivity index (χ0v) is 9.89. The van der Waals surface area contributed by atoms with Crippen molar-refractivity contribution < 1.29 is 4.74 Å². The maximum Gasteiger partial charge on any atom is 0.123 e. The van der Waals surface area contributed by atoms with Gasteiger partial charge in [-0.2, -0.15) is 0 Å². The largest absolute Gasteiger partial charge is 0.496 e. The minimum absolute atomic E-state index is 0.572. The number of hydrogen-bond acceptors (Lipinski definition) is 3. The molecule has 0 aliphatic carbocycles. The highest BCUT2D eigenvalue weighted by atomic mass is 16.5. The third-order valence-corrected chi connectivity index (χ3v) is 2.72. The van der Waals surface area contributed by atoms with Gasteiger partial charge >= 0.3 is 0 Å². The lowest BCUT2D eigenvalue weighted by Crippen LogP contribution is -1.97. The first-order valence-corrected chi connectivity index (χ1v) is 5.62. The summed E-state index contributed by atoms with van der Waals surface area (Å²) in [4.78, 5) is 3.98. The van der Waals surface area contributed by atoms with Crippen molar-refractivity contribution in [3.63, 3.8) is 0 Å². The number of ether oxygens (including phenoxy) is 1. The summed E-state index contributed by atoms with van der Waals surface area (Å²) in [5.74, 6) is 1.51. The van der Waals surface area contributed by atoms with Crippen LogP contribution in [0.15, 0.2) is 42.6 Å². The molecule has 2 aromatic rings. The first kappa shape index (κ1) is 11.5. The molecule has 1 aromatic carbocycles. The molecular weight excluding hydrogens is 212 g/mol. The van der Waals surface area contributed by atoms with E-state index in [0.717, 1.165) is 18.6 Å². The van der Waals surface area contributed by atoms with E-state index < -0.39 is 0 Å². The first-order valence-electron chi connectivity index (χ1n) is 5.62. The maximum atomic E-state index is 5.65. The number of rotatable bonds is 4. The zero-order valence-electron chi connectivity index (χ0n) is 9.89. The summed E-state index contributed by atoms with van der Waals surface area (Å²) in [6, 6.07) is 12.0. The summed E-state index contributed by atoms with van der Waals surface area (Å²) in [5, 5.41) is 0. The number of nitrogens with zero attached hydrogens (tertiary/aromatic N) is 1. The fourth-order valence-electron chi connectivity index (χ4n) is 1.84. The second kappa shape index (κ2) is 5.34. The van der Waals surface area contributed by atoms with Crippen LogP contribution in [0.2, 0.25) is 0 Å². The molecule has 0 spiro atoms. The van der Waals surface area contributed by atoms with Gasteiger partial charge in [0.15, 0.2) is 0 Å². The molecule has 0 radical (unpaired) electrons. The molecule has 0 aliphatic rings. The number of pyridine rings is 1. The van der Waals surface area contributed by atoms with Crippen LogP contribution in [0.4, 0.5) is 5.82 Å². The van der Waals surface area contributed by atoms with E-state index in [-0.39, 0.29) is 0 Å². The second-order valence-electron chi connectivity index (χ2n) is 3.90. The van der Waals surface area contributed by atoms with Gasteiger partial charge in [-0.05, 0) is 42.2 Å². The summed E-state index contributed by atoms with van der Waals surface area (Å²) in [6.45, 7) is 0. The molecule has 0 saturated heterocycles. The Morgan fingerprint density at radius 2 is 2.00 bits per heavy atom. The highest BCUT2D eigenvalue weighted by Gasteiger charge is 2.02. The summed E-state index contributed by atoms with van der Waals surface area (Å²) >= 11 is 0. The summed E-state index contributed by atoms with van der Waals surface area (Å²) in [5.41, 5.74) is 8.06. The molecule has 3 nitrogen and oxygen atoms in total. The predicted octanol–water partition coefficient (Wildman–Crippen LogP) is 2.46. The Balaban J connectivity index is 2.07. The topological polar surface area (TPSA) is 48.1 Å². The number of methoxy groups -OCH3 is 1. The van der Waals surface area contributed by atoms with Crippen molar-refractivity contribution in [2.45, 2.75) is 12.8 Å². The van der Waals surface area contributed by atoms with Gasteiger partial charge < -0.3 is 10.5 Å². The lowest BCUT2D eigenvalue weighted by atomic mass is 10.0. The van der Waals surface area contributed by atoms with E-state index in [0.29, 0.717) is 5.82 Å². The second-order valence-corrected chi connectivity index (χ2v) is 3.90. The predicted molar refractivity (Wildman–Crippen MR) is 69.1 cm³/mol. The number of nitrogens with two attached hydrogens (primary N) is 1. The van der Waals surface area contributed by atoms with Crippen molar-refractivity contribution in [2.75, 3.05) is 12.8 Å². The number of para-hydroxylation sites is 1. The molecule has 0 unspecified atom stereocenters. The summed E-state index contributed by atoms with van der Waals surface area (Å²) in [7, 11) is 1.70. The van der Waals surface area contributed by atoms with E-state index >= 15 is 0 Å². The molecule has 0 bridgehead atoms. The average molecular weight is 228 g/mol. The van der Waals surface area contributed by atoms with Crippen LogP contribution in [0.5, 0.6) is 5.75 Å². The minimum Gasteiger partial charge on any atom is -0.496 e. The van der Waals surface area contributed by atoms with Gasteiger partial charge in [-0.3, -0.25) is 0 Å². The van der Waals surface area contributed by atoms with E-state index in [1.54, 1.807) is 13.3 Å². The molecule has 0 atom stereocenters. The number of aryl methyl sites for hydroxylation is 2. The minimum atomic E-state index is 0.572. The summed E-state index contributed by atoms with van der Waals surface area (Å²) in [6.07, 6.45) is 3.62. The SMILES string of the molecule is COc1ccccc1CCc1ccnc(N)c1. The van der Waals surface area contributed by atoms with Gasteiger partial charge in [-0.1, -0.05) is 18.2 Å². The highest BCUT2D eigenvalue weighted by Crippen LogP contribution is 2.19. The van der Waals surface area contributed by atoms with E-state index in [1.165, 1.54) is 11.1 Å². The molecule has 17 heavy (non-hydrogen) atoms. The van der Waals surface area contributed by atoms with E-state index in [2.05, 4.69) is 11.1 Å². The fourth-order valence-corrected chi connectivity index (χ4v) is 1.84. The van der Waals surface area contributed by atoms with Crippen LogP contribution in [-0.4, -0.2) is 12.1 Å². The summed E-state index contributed by atoms with van der Waals surface area (Å²) < 4.78 is 5.32. The van der Waals surface area contributed by atoms with Crippen molar-refractivity contribution >= 4 is 5.82 Å². The van der Waals surface area contributed by atoms with Gasteiger partial charge in [-0.25, -0.2) is 4.98 Å². The van der Waals surface area contributed by atoms with Crippen LogP contribution in [-0.2, 0) is 12.8 Å². The molecule has 2 N–H and O–H groups in total. The molecule has 0 fully saturated rings. The molecular formula is C14H16N2O. The quantitative estimate of drug-likeness (QED) is 0.874. The van der Waals surface area contributed by atoms with Gasteiger partial charge in [-0.15, -0.1) is 0 Å². The normalized spacial score (nSPS) is 10.2. The lowest BCUT2D eigenvalue weighted by molar-refractivity contribution is 0.409. The van der Waals surface area contributed by atoms with Crippen LogP contribution >= 0.6 is 0 Å². The van der Waals surface area contributed by atoms with Gasteiger partial charge in [0.2, 0.25) is 0 Å². The zero-order chi connectivity index (χ0) is 12.1. The highest BCUT2D eigenvalue weighted by molar-refractivity contribution is 5.36. The molecule has 0 amide bonds. The molecule has 2 rings (SSSR count). The van der Waals surface area contributed by atoms with Crippen LogP contribution in [0.1, 0.15) is 11.1 Å².